The van der Waals surface area contributed by atoms with Crippen molar-refractivity contribution in [3.63, 3.8) is 0 Å². The molecule has 0 bridgehead atoms. The first-order valence-electron chi connectivity index (χ1n) is 19.4. The number of benzene rings is 1. The molecule has 2 atom stereocenters. The second kappa shape index (κ2) is 27.9. The molecule has 1 heterocycles. The van der Waals surface area contributed by atoms with Crippen LogP contribution in [0.3, 0.4) is 0 Å². The first-order chi connectivity index (χ1) is 21.3. The van der Waals surface area contributed by atoms with Gasteiger partial charge in [0, 0.05) is 5.92 Å². The molecule has 0 saturated heterocycles. The van der Waals surface area contributed by atoms with Crippen LogP contribution in [0.25, 0.3) is 0 Å². The van der Waals surface area contributed by atoms with Gasteiger partial charge in [0.2, 0.25) is 6.33 Å². The lowest BCUT2D eigenvalue weighted by atomic mass is 9.84. The van der Waals surface area contributed by atoms with Crippen molar-refractivity contribution in [3.8, 4) is 0 Å². The molecule has 0 fully saturated rings. The van der Waals surface area contributed by atoms with E-state index in [1.54, 1.807) is 0 Å². The van der Waals surface area contributed by atoms with Crippen LogP contribution >= 0.6 is 0 Å². The van der Waals surface area contributed by atoms with Crippen LogP contribution in [0.15, 0.2) is 49.1 Å². The Balaban J connectivity index is 1.70. The van der Waals surface area contributed by atoms with Crippen LogP contribution < -0.4 is 4.57 Å². The molecule has 1 N–H and O–H groups in total. The minimum absolute atomic E-state index is 0.604. The molecular weight excluding hydrogens is 520 g/mol. The van der Waals surface area contributed by atoms with E-state index in [1.165, 1.54) is 185 Å². The molecule has 246 valence electrons. The van der Waals surface area contributed by atoms with Gasteiger partial charge in [-0.1, -0.05) is 198 Å². The quantitative estimate of drug-likeness (QED) is 0.0662. The zero-order valence-corrected chi connectivity index (χ0v) is 29.0. The molecule has 2 heteroatoms. The SMILES string of the molecule is CCCCCCCCCCCCCCCC(C(CCCCCCCCCCCCCC)Cc1ccccc1)[n+]1cc[nH]c1. The summed E-state index contributed by atoms with van der Waals surface area (Å²) in [5, 5.41) is 0. The predicted octanol–water partition coefficient (Wildman–Crippen LogP) is 13.3. The van der Waals surface area contributed by atoms with Crippen molar-refractivity contribution in [1.29, 1.82) is 0 Å². The summed E-state index contributed by atoms with van der Waals surface area (Å²) < 4.78 is 2.51. The van der Waals surface area contributed by atoms with Gasteiger partial charge in [0.25, 0.3) is 0 Å². The number of H-pyrrole nitrogens is 1. The molecule has 0 aliphatic heterocycles. The summed E-state index contributed by atoms with van der Waals surface area (Å²) in [4.78, 5) is 3.36. The maximum atomic E-state index is 3.36. The number of unbranched alkanes of at least 4 members (excludes halogenated alkanes) is 23. The van der Waals surface area contributed by atoms with Gasteiger partial charge in [0.15, 0.2) is 0 Å². The van der Waals surface area contributed by atoms with E-state index in [2.05, 4.69) is 72.5 Å². The smallest absolute Gasteiger partial charge is 0.241 e. The number of nitrogens with one attached hydrogen (secondary N) is 1. The highest BCUT2D eigenvalue weighted by Crippen LogP contribution is 2.29. The fourth-order valence-corrected chi connectivity index (χ4v) is 7.10. The lowest BCUT2D eigenvalue weighted by Gasteiger charge is -2.25. The van der Waals surface area contributed by atoms with Crippen molar-refractivity contribution < 1.29 is 4.57 Å². The summed E-state index contributed by atoms with van der Waals surface area (Å²) in [6.07, 6.45) is 46.2. The number of imidazole rings is 1. The van der Waals surface area contributed by atoms with Gasteiger partial charge in [-0.2, -0.15) is 0 Å². The van der Waals surface area contributed by atoms with Crippen LogP contribution in [0.4, 0.5) is 0 Å². The second-order valence-corrected chi connectivity index (χ2v) is 13.8. The summed E-state index contributed by atoms with van der Waals surface area (Å²) in [5.41, 5.74) is 1.51. The average molecular weight is 594 g/mol. The Labute approximate surface area is 269 Å². The Kier molecular flexibility index (Phi) is 24.4. The summed E-state index contributed by atoms with van der Waals surface area (Å²) >= 11 is 0. The van der Waals surface area contributed by atoms with Gasteiger partial charge in [-0.25, -0.2) is 4.57 Å². The van der Waals surface area contributed by atoms with E-state index in [9.17, 15) is 0 Å². The van der Waals surface area contributed by atoms with Crippen molar-refractivity contribution in [1.82, 2.24) is 4.98 Å². The molecule has 2 aromatic rings. The minimum atomic E-state index is 0.604. The highest BCUT2D eigenvalue weighted by Gasteiger charge is 2.26. The molecule has 2 nitrogen and oxygen atoms in total. The standard InChI is InChI=1S/C41H72N2/c1-3-5-7-9-11-13-15-17-19-21-23-25-30-34-41(43-36-35-42-38-43)40(37-39-31-27-26-28-32-39)33-29-24-22-20-18-16-14-12-10-8-6-4-2/h26-28,31-32,35-36,38,40-41H,3-25,29-30,33-34,37H2,1-2H3/p+1. The van der Waals surface area contributed by atoms with Crippen molar-refractivity contribution in [2.24, 2.45) is 5.92 Å². The molecule has 1 aromatic carbocycles. The summed E-state index contributed by atoms with van der Waals surface area (Å²) in [6, 6.07) is 11.9. The Morgan fingerprint density at radius 1 is 0.512 bits per heavy atom. The lowest BCUT2D eigenvalue weighted by molar-refractivity contribution is -0.730. The molecule has 43 heavy (non-hydrogen) atoms. The Morgan fingerprint density at radius 3 is 1.35 bits per heavy atom. The number of hydrogen-bond donors (Lipinski definition) is 1. The zero-order valence-electron chi connectivity index (χ0n) is 29.0. The van der Waals surface area contributed by atoms with Crippen LogP contribution in [0.1, 0.15) is 199 Å². The van der Waals surface area contributed by atoms with Gasteiger partial charge in [0.05, 0.1) is 0 Å². The van der Waals surface area contributed by atoms with Crippen LogP contribution in [0, 0.1) is 5.92 Å². The van der Waals surface area contributed by atoms with Gasteiger partial charge in [-0.3, -0.25) is 4.98 Å². The van der Waals surface area contributed by atoms with Gasteiger partial charge >= 0.3 is 0 Å². The van der Waals surface area contributed by atoms with E-state index in [-0.39, 0.29) is 0 Å². The van der Waals surface area contributed by atoms with Crippen LogP contribution in [-0.2, 0) is 6.42 Å². The number of aromatic amines is 1. The summed E-state index contributed by atoms with van der Waals surface area (Å²) in [7, 11) is 0. The average Bonchev–Trinajstić information content (AvgIpc) is 3.57. The monoisotopic (exact) mass is 594 g/mol. The first-order valence-corrected chi connectivity index (χ1v) is 19.4. The number of nitrogens with zero attached hydrogens (tertiary/aromatic N) is 1. The fraction of sp³-hybridized carbons (Fsp3) is 0.780. The summed E-state index contributed by atoms with van der Waals surface area (Å²) in [6.45, 7) is 4.62. The maximum absolute atomic E-state index is 3.36. The Morgan fingerprint density at radius 2 is 0.930 bits per heavy atom. The normalized spacial score (nSPS) is 13.0. The van der Waals surface area contributed by atoms with Gasteiger partial charge in [-0.15, -0.1) is 0 Å². The highest BCUT2D eigenvalue weighted by molar-refractivity contribution is 5.15. The zero-order chi connectivity index (χ0) is 30.5. The van der Waals surface area contributed by atoms with Crippen molar-refractivity contribution >= 4 is 0 Å². The van der Waals surface area contributed by atoms with E-state index in [0.717, 1.165) is 0 Å². The molecule has 2 rings (SSSR count). The van der Waals surface area contributed by atoms with Gasteiger partial charge in [0.1, 0.15) is 18.4 Å². The van der Waals surface area contributed by atoms with E-state index in [0.29, 0.717) is 12.0 Å². The van der Waals surface area contributed by atoms with Crippen molar-refractivity contribution in [2.75, 3.05) is 0 Å². The van der Waals surface area contributed by atoms with Gasteiger partial charge < -0.3 is 0 Å². The summed E-state index contributed by atoms with van der Waals surface area (Å²) in [5.74, 6) is 0.712. The number of aromatic nitrogens is 2. The molecule has 0 radical (unpaired) electrons. The number of hydrogen-bond acceptors (Lipinski definition) is 0. The lowest BCUT2D eigenvalue weighted by Crippen LogP contribution is -2.42. The molecule has 2 unspecified atom stereocenters. The molecular formula is C41H73N2+. The van der Waals surface area contributed by atoms with Gasteiger partial charge in [-0.05, 0) is 31.2 Å². The van der Waals surface area contributed by atoms with Crippen LogP contribution in [0.5, 0.6) is 0 Å². The highest BCUT2D eigenvalue weighted by atomic mass is 15.1. The van der Waals surface area contributed by atoms with Crippen LogP contribution in [0.2, 0.25) is 0 Å². The third kappa shape index (κ3) is 20.2. The third-order valence-electron chi connectivity index (χ3n) is 9.87. The molecule has 0 aliphatic carbocycles. The predicted molar refractivity (Wildman–Crippen MR) is 190 cm³/mol. The van der Waals surface area contributed by atoms with E-state index < -0.39 is 0 Å². The van der Waals surface area contributed by atoms with E-state index >= 15 is 0 Å². The largest absolute Gasteiger partial charge is 0.250 e. The van der Waals surface area contributed by atoms with E-state index in [4.69, 9.17) is 0 Å². The molecule has 0 saturated carbocycles. The second-order valence-electron chi connectivity index (χ2n) is 13.8. The molecule has 0 aliphatic rings. The minimum Gasteiger partial charge on any atom is -0.250 e. The molecule has 0 spiro atoms. The molecule has 0 amide bonds. The van der Waals surface area contributed by atoms with Crippen LogP contribution in [-0.4, -0.2) is 4.98 Å². The molecule has 1 aromatic heterocycles. The number of rotatable bonds is 31. The van der Waals surface area contributed by atoms with Crippen molar-refractivity contribution in [2.45, 2.75) is 200 Å². The topological polar surface area (TPSA) is 19.7 Å². The van der Waals surface area contributed by atoms with Crippen molar-refractivity contribution in [3.05, 3.63) is 54.6 Å². The fourth-order valence-electron chi connectivity index (χ4n) is 7.10. The van der Waals surface area contributed by atoms with E-state index in [1.807, 2.05) is 0 Å². The first kappa shape index (κ1) is 37.6. The third-order valence-corrected chi connectivity index (χ3v) is 9.87. The Hall–Kier alpha value is -1.57. The maximum Gasteiger partial charge on any atom is 0.241 e. The Bertz CT molecular complexity index is 798.